The minimum absolute atomic E-state index is 0.937. The molecule has 0 aromatic carbocycles. The lowest BCUT2D eigenvalue weighted by Crippen LogP contribution is -1.25. The molecule has 0 N–H and O–H groups in total. The molecule has 5 heavy (non-hydrogen) atoms. The van der Waals surface area contributed by atoms with Gasteiger partial charge in [0.15, 0.2) is 0 Å². The molecule has 0 amide bonds. The van der Waals surface area contributed by atoms with Crippen molar-refractivity contribution in [1.82, 2.24) is 0 Å². The van der Waals surface area contributed by atoms with Gasteiger partial charge in [0.1, 0.15) is 0 Å². The SMILES string of the molecule is O=P(F)(F)P. The predicted octanol–water partition coefficient (Wildman–Crippen LogP) is 1.91. The molecule has 0 aromatic heterocycles. The Morgan fingerprint density at radius 2 is 1.60 bits per heavy atom. The van der Waals surface area contributed by atoms with Gasteiger partial charge in [-0.1, -0.05) is 0 Å². The van der Waals surface area contributed by atoms with Crippen molar-refractivity contribution in [1.29, 1.82) is 0 Å². The summed E-state index contributed by atoms with van der Waals surface area (Å²) >= 11 is 0. The fourth-order valence-electron chi connectivity index (χ4n) is 0. The zero-order valence-electron chi connectivity index (χ0n) is 2.19. The first kappa shape index (κ1) is 5.52. The van der Waals surface area contributed by atoms with Gasteiger partial charge in [0.2, 0.25) is 0 Å². The predicted molar refractivity (Wildman–Crippen MR) is 19.5 cm³/mol. The van der Waals surface area contributed by atoms with E-state index in [4.69, 9.17) is 4.57 Å². The quantitative estimate of drug-likeness (QED) is 0.444. The minimum Gasteiger partial charge on any atom is -0.246 e. The molecule has 0 aliphatic carbocycles. The Labute approximate surface area is 30.5 Å². The lowest BCUT2D eigenvalue weighted by molar-refractivity contribution is 0.515. The number of hydrogen-bond donors (Lipinski definition) is 0. The third-order valence-electron chi connectivity index (χ3n) is 0. The van der Waals surface area contributed by atoms with E-state index in [0.29, 0.717) is 0 Å². The molecular weight excluding hydrogens is 116 g/mol. The van der Waals surface area contributed by atoms with Gasteiger partial charge in [0.25, 0.3) is 0 Å². The van der Waals surface area contributed by atoms with Crippen molar-refractivity contribution in [3.8, 4) is 0 Å². The number of rotatable bonds is 0. The highest BCUT2D eigenvalue weighted by molar-refractivity contribution is 8.11. The molecule has 0 spiro atoms. The largest absolute Gasteiger partial charge is 0.414 e. The van der Waals surface area contributed by atoms with E-state index >= 15 is 0 Å². The summed E-state index contributed by atoms with van der Waals surface area (Å²) < 4.78 is 29.9. The molecule has 0 saturated heterocycles. The summed E-state index contributed by atoms with van der Waals surface area (Å²) in [4.78, 5) is 0. The van der Waals surface area contributed by atoms with Gasteiger partial charge in [-0.15, -0.1) is 8.39 Å². The summed E-state index contributed by atoms with van der Waals surface area (Å²) in [5.41, 5.74) is 0. The van der Waals surface area contributed by atoms with Crippen LogP contribution in [0.5, 0.6) is 0 Å². The summed E-state index contributed by atoms with van der Waals surface area (Å²) in [5.74, 6) is 0. The fraction of sp³-hybridized carbons (Fsp3) is 0. The molecule has 0 heterocycles. The van der Waals surface area contributed by atoms with Gasteiger partial charge >= 0.3 is 7.45 Å². The van der Waals surface area contributed by atoms with Gasteiger partial charge in [0, 0.05) is 0 Å². The summed E-state index contributed by atoms with van der Waals surface area (Å²) in [6.07, 6.45) is 0. The average Bonchev–Trinajstić information content (AvgIpc) is 0.722. The molecule has 32 valence electrons. The zero-order valence-corrected chi connectivity index (χ0v) is 4.24. The molecule has 0 bridgehead atoms. The second kappa shape index (κ2) is 1.32. The van der Waals surface area contributed by atoms with E-state index in [2.05, 4.69) is 0 Å². The van der Waals surface area contributed by atoms with Crippen molar-refractivity contribution >= 4 is 16.4 Å². The maximum atomic E-state index is 10.5. The van der Waals surface area contributed by atoms with Gasteiger partial charge in [-0.3, -0.25) is 0 Å². The molecule has 0 radical (unpaired) electrons. The standard InChI is InChI=1S/F2H2OP2/c1-5(2,3)4/h4H2. The molecule has 5 heteroatoms. The van der Waals surface area contributed by atoms with E-state index in [9.17, 15) is 8.39 Å². The van der Waals surface area contributed by atoms with Crippen LogP contribution >= 0.6 is 16.4 Å². The van der Waals surface area contributed by atoms with Crippen LogP contribution in [0.1, 0.15) is 0 Å². The Kier molecular flexibility index (Phi) is 1.45. The monoisotopic (exact) mass is 118 g/mol. The van der Waals surface area contributed by atoms with E-state index in [0.717, 1.165) is 8.93 Å². The average molecular weight is 118 g/mol. The Bertz CT molecular complexity index is 53.8. The van der Waals surface area contributed by atoms with Crippen LogP contribution in [0, 0.1) is 0 Å². The molecular formula is H2F2OP2. The molecule has 1 unspecified atom stereocenters. The first-order valence-corrected chi connectivity index (χ1v) is 3.89. The van der Waals surface area contributed by atoms with Crippen LogP contribution in [0.2, 0.25) is 0 Å². The first-order valence-electron chi connectivity index (χ1n) is 0.779. The molecule has 0 fully saturated rings. The van der Waals surface area contributed by atoms with Crippen molar-refractivity contribution in [2.75, 3.05) is 0 Å². The third kappa shape index (κ3) is 106. The van der Waals surface area contributed by atoms with E-state index in [1.807, 2.05) is 0 Å². The summed E-state index contributed by atoms with van der Waals surface area (Å²) in [6, 6.07) is 0. The van der Waals surface area contributed by atoms with Gasteiger partial charge < -0.3 is 0 Å². The fourth-order valence-corrected chi connectivity index (χ4v) is 0. The van der Waals surface area contributed by atoms with Crippen LogP contribution in [0.3, 0.4) is 0 Å². The lowest BCUT2D eigenvalue weighted by atomic mass is 16.0. The normalized spacial score (nSPS) is 11.8. The van der Waals surface area contributed by atoms with E-state index in [1.165, 1.54) is 0 Å². The van der Waals surface area contributed by atoms with E-state index < -0.39 is 7.45 Å². The van der Waals surface area contributed by atoms with Crippen molar-refractivity contribution < 1.29 is 13.0 Å². The van der Waals surface area contributed by atoms with Crippen molar-refractivity contribution in [3.05, 3.63) is 0 Å². The van der Waals surface area contributed by atoms with Crippen molar-refractivity contribution in [2.45, 2.75) is 0 Å². The Morgan fingerprint density at radius 3 is 1.60 bits per heavy atom. The summed E-state index contributed by atoms with van der Waals surface area (Å²) in [6.45, 7) is 0. The maximum Gasteiger partial charge on any atom is 0.414 e. The smallest absolute Gasteiger partial charge is 0.246 e. The molecule has 0 rings (SSSR count). The zero-order chi connectivity index (χ0) is 4.50. The molecule has 0 aromatic rings. The van der Waals surface area contributed by atoms with Crippen molar-refractivity contribution in [2.24, 2.45) is 0 Å². The Balaban J connectivity index is 3.47. The van der Waals surface area contributed by atoms with Crippen LogP contribution in [0.25, 0.3) is 0 Å². The Hall–Kier alpha value is 0.520. The first-order chi connectivity index (χ1) is 2.00. The van der Waals surface area contributed by atoms with Crippen LogP contribution < -0.4 is 0 Å². The van der Waals surface area contributed by atoms with Crippen LogP contribution in [0.15, 0.2) is 0 Å². The molecule has 1 atom stereocenters. The van der Waals surface area contributed by atoms with Gasteiger partial charge in [-0.2, -0.15) is 0 Å². The number of halogens is 2. The topological polar surface area (TPSA) is 17.1 Å². The summed E-state index contributed by atoms with van der Waals surface area (Å²) in [7, 11) is -3.78. The van der Waals surface area contributed by atoms with Gasteiger partial charge in [0.05, 0.1) is 0 Å². The Morgan fingerprint density at radius 1 is 1.60 bits per heavy atom. The third-order valence-corrected chi connectivity index (χ3v) is 0. The van der Waals surface area contributed by atoms with Crippen LogP contribution in [0.4, 0.5) is 8.39 Å². The molecule has 1 nitrogen and oxygen atoms in total. The number of hydrogen-bond acceptors (Lipinski definition) is 1. The molecule has 0 aliphatic rings. The highest BCUT2D eigenvalue weighted by Crippen LogP contribution is 2.57. The molecule has 0 aliphatic heterocycles. The maximum absolute atomic E-state index is 10.5. The van der Waals surface area contributed by atoms with Crippen LogP contribution in [-0.2, 0) is 4.57 Å². The lowest BCUT2D eigenvalue weighted by Gasteiger charge is -1.74. The highest BCUT2D eigenvalue weighted by Gasteiger charge is 2.04. The van der Waals surface area contributed by atoms with E-state index in [1.54, 1.807) is 0 Å². The highest BCUT2D eigenvalue weighted by atomic mass is 32.1. The second-order valence-corrected chi connectivity index (χ2v) is 3.31. The van der Waals surface area contributed by atoms with Gasteiger partial charge in [-0.05, 0) is 8.93 Å². The minimum atomic E-state index is -4.72. The van der Waals surface area contributed by atoms with E-state index in [-0.39, 0.29) is 0 Å². The summed E-state index contributed by atoms with van der Waals surface area (Å²) in [5, 5.41) is 0. The molecule has 0 saturated carbocycles. The van der Waals surface area contributed by atoms with Crippen LogP contribution in [-0.4, -0.2) is 0 Å². The van der Waals surface area contributed by atoms with Gasteiger partial charge in [-0.25, -0.2) is 4.57 Å². The van der Waals surface area contributed by atoms with Crippen molar-refractivity contribution in [3.63, 3.8) is 0 Å². The second-order valence-electron chi connectivity index (χ2n) is 0.502.